The SMILES string of the molecule is C(=N/C(=C\c1ccccc1)c1cccnc1)c1cccnc1. The van der Waals surface area contributed by atoms with Gasteiger partial charge in [-0.1, -0.05) is 36.4 Å². The first-order valence-corrected chi connectivity index (χ1v) is 7.03. The van der Waals surface area contributed by atoms with E-state index < -0.39 is 0 Å². The Balaban J connectivity index is 1.97. The van der Waals surface area contributed by atoms with Gasteiger partial charge in [-0.15, -0.1) is 0 Å². The van der Waals surface area contributed by atoms with Gasteiger partial charge < -0.3 is 0 Å². The van der Waals surface area contributed by atoms with Gasteiger partial charge in [-0.2, -0.15) is 0 Å². The van der Waals surface area contributed by atoms with E-state index in [0.29, 0.717) is 0 Å². The molecule has 0 N–H and O–H groups in total. The van der Waals surface area contributed by atoms with E-state index in [1.807, 2.05) is 61.0 Å². The summed E-state index contributed by atoms with van der Waals surface area (Å²) in [5, 5.41) is 0. The molecule has 0 saturated carbocycles. The van der Waals surface area contributed by atoms with Gasteiger partial charge in [-0.3, -0.25) is 15.0 Å². The number of pyridine rings is 2. The molecule has 3 heteroatoms. The molecule has 22 heavy (non-hydrogen) atoms. The highest BCUT2D eigenvalue weighted by atomic mass is 14.7. The van der Waals surface area contributed by atoms with Gasteiger partial charge in [0.05, 0.1) is 5.70 Å². The van der Waals surface area contributed by atoms with Crippen molar-refractivity contribution in [2.75, 3.05) is 0 Å². The summed E-state index contributed by atoms with van der Waals surface area (Å²) in [6.45, 7) is 0. The number of rotatable bonds is 4. The van der Waals surface area contributed by atoms with Crippen LogP contribution in [0.3, 0.4) is 0 Å². The van der Waals surface area contributed by atoms with Crippen molar-refractivity contribution < 1.29 is 0 Å². The average molecular weight is 285 g/mol. The quantitative estimate of drug-likeness (QED) is 0.677. The van der Waals surface area contributed by atoms with Crippen LogP contribution >= 0.6 is 0 Å². The van der Waals surface area contributed by atoms with E-state index in [-0.39, 0.29) is 0 Å². The summed E-state index contributed by atoms with van der Waals surface area (Å²) < 4.78 is 0. The number of aliphatic imine (C=N–C) groups is 1. The minimum absolute atomic E-state index is 0.864. The predicted octanol–water partition coefficient (Wildman–Crippen LogP) is 4.09. The Morgan fingerprint density at radius 2 is 1.50 bits per heavy atom. The van der Waals surface area contributed by atoms with Gasteiger partial charge in [-0.25, -0.2) is 0 Å². The standard InChI is InChI=1S/C19H15N3/c1-2-6-16(7-3-1)12-19(18-9-5-11-21-15-18)22-14-17-8-4-10-20-13-17/h1-15H/b19-12-,22-14?. The second kappa shape index (κ2) is 7.09. The topological polar surface area (TPSA) is 38.1 Å². The van der Waals surface area contributed by atoms with Gasteiger partial charge in [0.15, 0.2) is 0 Å². The van der Waals surface area contributed by atoms with Crippen LogP contribution in [0.4, 0.5) is 0 Å². The van der Waals surface area contributed by atoms with Crippen molar-refractivity contribution in [3.8, 4) is 0 Å². The molecule has 0 amide bonds. The maximum absolute atomic E-state index is 4.62. The average Bonchev–Trinajstić information content (AvgIpc) is 2.61. The minimum Gasteiger partial charge on any atom is -0.264 e. The molecule has 0 aliphatic rings. The lowest BCUT2D eigenvalue weighted by Gasteiger charge is -2.02. The summed E-state index contributed by atoms with van der Waals surface area (Å²) in [5.74, 6) is 0. The largest absolute Gasteiger partial charge is 0.264 e. The molecule has 0 aliphatic carbocycles. The lowest BCUT2D eigenvalue weighted by Crippen LogP contribution is -1.87. The van der Waals surface area contributed by atoms with E-state index in [9.17, 15) is 0 Å². The van der Waals surface area contributed by atoms with Crippen LogP contribution < -0.4 is 0 Å². The van der Waals surface area contributed by atoms with Gasteiger partial charge in [0.1, 0.15) is 0 Å². The van der Waals surface area contributed by atoms with Crippen LogP contribution in [-0.2, 0) is 0 Å². The number of hydrogen-bond donors (Lipinski definition) is 0. The molecule has 0 atom stereocenters. The fourth-order valence-electron chi connectivity index (χ4n) is 2.01. The molecule has 106 valence electrons. The molecule has 2 heterocycles. The molecule has 3 aromatic rings. The second-order valence-electron chi connectivity index (χ2n) is 4.73. The molecule has 0 unspecified atom stereocenters. The van der Waals surface area contributed by atoms with E-state index in [1.54, 1.807) is 18.6 Å². The fourth-order valence-corrected chi connectivity index (χ4v) is 2.01. The Kier molecular flexibility index (Phi) is 4.47. The highest BCUT2D eigenvalue weighted by Crippen LogP contribution is 2.18. The lowest BCUT2D eigenvalue weighted by molar-refractivity contribution is 1.30. The Morgan fingerprint density at radius 1 is 0.773 bits per heavy atom. The molecule has 3 rings (SSSR count). The van der Waals surface area contributed by atoms with Crippen molar-refractivity contribution in [2.45, 2.75) is 0 Å². The summed E-state index contributed by atoms with van der Waals surface area (Å²) in [5.41, 5.74) is 3.91. The van der Waals surface area contributed by atoms with Crippen molar-refractivity contribution in [1.82, 2.24) is 9.97 Å². The molecular formula is C19H15N3. The van der Waals surface area contributed by atoms with Crippen LogP contribution in [0.2, 0.25) is 0 Å². The third-order valence-corrected chi connectivity index (χ3v) is 3.10. The van der Waals surface area contributed by atoms with E-state index >= 15 is 0 Å². The third kappa shape index (κ3) is 3.73. The first-order valence-electron chi connectivity index (χ1n) is 7.03. The van der Waals surface area contributed by atoms with Crippen molar-refractivity contribution in [2.24, 2.45) is 4.99 Å². The Labute approximate surface area is 129 Å². The first kappa shape index (κ1) is 13.9. The van der Waals surface area contributed by atoms with Crippen LogP contribution in [0.25, 0.3) is 11.8 Å². The van der Waals surface area contributed by atoms with E-state index in [4.69, 9.17) is 0 Å². The van der Waals surface area contributed by atoms with E-state index in [2.05, 4.69) is 27.1 Å². The molecule has 3 nitrogen and oxygen atoms in total. The summed E-state index contributed by atoms with van der Waals surface area (Å²) in [7, 11) is 0. The Hall–Kier alpha value is -3.07. The molecule has 0 saturated heterocycles. The van der Waals surface area contributed by atoms with Crippen LogP contribution in [0.15, 0.2) is 84.4 Å². The smallest absolute Gasteiger partial charge is 0.0723 e. The highest BCUT2D eigenvalue weighted by molar-refractivity contribution is 5.89. The maximum Gasteiger partial charge on any atom is 0.0723 e. The molecular weight excluding hydrogens is 270 g/mol. The highest BCUT2D eigenvalue weighted by Gasteiger charge is 2.00. The van der Waals surface area contributed by atoms with Crippen molar-refractivity contribution in [1.29, 1.82) is 0 Å². The first-order chi connectivity index (χ1) is 10.9. The summed E-state index contributed by atoms with van der Waals surface area (Å²) in [6, 6.07) is 17.9. The zero-order valence-corrected chi connectivity index (χ0v) is 12.0. The number of aromatic nitrogens is 2. The molecule has 0 radical (unpaired) electrons. The van der Waals surface area contributed by atoms with Gasteiger partial charge >= 0.3 is 0 Å². The van der Waals surface area contributed by atoms with Gasteiger partial charge in [0.2, 0.25) is 0 Å². The van der Waals surface area contributed by atoms with Crippen LogP contribution in [0, 0.1) is 0 Å². The summed E-state index contributed by atoms with van der Waals surface area (Å²) >= 11 is 0. The van der Waals surface area contributed by atoms with Crippen molar-refractivity contribution >= 4 is 18.0 Å². The molecule has 0 fully saturated rings. The minimum atomic E-state index is 0.864. The molecule has 0 aliphatic heterocycles. The summed E-state index contributed by atoms with van der Waals surface area (Å²) in [4.78, 5) is 12.9. The molecule has 2 aromatic heterocycles. The zero-order valence-electron chi connectivity index (χ0n) is 12.0. The van der Waals surface area contributed by atoms with Gasteiger partial charge in [0, 0.05) is 42.1 Å². The van der Waals surface area contributed by atoms with Crippen LogP contribution in [0.5, 0.6) is 0 Å². The lowest BCUT2D eigenvalue weighted by atomic mass is 10.1. The van der Waals surface area contributed by atoms with Crippen LogP contribution in [-0.4, -0.2) is 16.2 Å². The van der Waals surface area contributed by atoms with Gasteiger partial charge in [0.25, 0.3) is 0 Å². The van der Waals surface area contributed by atoms with Crippen LogP contribution in [0.1, 0.15) is 16.7 Å². The predicted molar refractivity (Wildman–Crippen MR) is 90.4 cm³/mol. The fraction of sp³-hybridized carbons (Fsp3) is 0. The number of hydrogen-bond acceptors (Lipinski definition) is 3. The molecule has 1 aromatic carbocycles. The number of nitrogens with zero attached hydrogens (tertiary/aromatic N) is 3. The van der Waals surface area contributed by atoms with E-state index in [0.717, 1.165) is 22.4 Å². The van der Waals surface area contributed by atoms with Crippen molar-refractivity contribution in [3.63, 3.8) is 0 Å². The number of benzene rings is 1. The summed E-state index contributed by atoms with van der Waals surface area (Å²) in [6.07, 6.45) is 11.0. The monoisotopic (exact) mass is 285 g/mol. The zero-order chi connectivity index (χ0) is 15.0. The normalized spacial score (nSPS) is 11.7. The van der Waals surface area contributed by atoms with Gasteiger partial charge in [-0.05, 0) is 29.8 Å². The molecule has 0 spiro atoms. The Bertz CT molecular complexity index is 764. The maximum atomic E-state index is 4.62. The second-order valence-corrected chi connectivity index (χ2v) is 4.73. The Morgan fingerprint density at radius 3 is 2.18 bits per heavy atom. The van der Waals surface area contributed by atoms with Crippen molar-refractivity contribution in [3.05, 3.63) is 96.1 Å². The third-order valence-electron chi connectivity index (χ3n) is 3.10. The van der Waals surface area contributed by atoms with E-state index in [1.165, 1.54) is 0 Å². The molecule has 0 bridgehead atoms.